The number of benzene rings is 1. The molecule has 0 radical (unpaired) electrons. The van der Waals surface area contributed by atoms with Crippen LogP contribution in [-0.4, -0.2) is 33.2 Å². The average molecular weight is 278 g/mol. The normalized spacial score (nSPS) is 12.5. The lowest BCUT2D eigenvalue weighted by molar-refractivity contribution is -0.121. The lowest BCUT2D eigenvalue weighted by Crippen LogP contribution is -2.30. The number of aryl methyl sites for hydroxylation is 1. The SMILES string of the molecule is Cc1cn(CC(=O)NCC[S@@](C)=O)c2ccccc12. The van der Waals surface area contributed by atoms with Gasteiger partial charge in [0.1, 0.15) is 6.54 Å². The summed E-state index contributed by atoms with van der Waals surface area (Å²) in [5.74, 6) is 0.447. The second kappa shape index (κ2) is 6.02. The Hall–Kier alpha value is -1.62. The summed E-state index contributed by atoms with van der Waals surface area (Å²) in [7, 11) is -0.868. The lowest BCUT2D eigenvalue weighted by atomic mass is 10.2. The number of amides is 1. The molecular formula is C14H18N2O2S. The van der Waals surface area contributed by atoms with E-state index in [1.165, 1.54) is 5.39 Å². The fourth-order valence-corrected chi connectivity index (χ4v) is 2.50. The van der Waals surface area contributed by atoms with Gasteiger partial charge < -0.3 is 9.88 Å². The Morgan fingerprint density at radius 1 is 1.37 bits per heavy atom. The average Bonchev–Trinajstić information content (AvgIpc) is 2.66. The number of carbonyl (C=O) groups excluding carboxylic acids is 1. The first-order valence-electron chi connectivity index (χ1n) is 6.19. The van der Waals surface area contributed by atoms with Crippen LogP contribution in [0, 0.1) is 6.92 Å². The smallest absolute Gasteiger partial charge is 0.239 e. The first-order chi connectivity index (χ1) is 9.08. The van der Waals surface area contributed by atoms with Crippen LogP contribution in [0.3, 0.4) is 0 Å². The highest BCUT2D eigenvalue weighted by Gasteiger charge is 2.08. The molecule has 5 heteroatoms. The number of hydrogen-bond acceptors (Lipinski definition) is 2. The van der Waals surface area contributed by atoms with Gasteiger partial charge >= 0.3 is 0 Å². The second-order valence-corrected chi connectivity index (χ2v) is 6.14. The summed E-state index contributed by atoms with van der Waals surface area (Å²) < 4.78 is 12.9. The molecule has 1 aromatic carbocycles. The van der Waals surface area contributed by atoms with Crippen molar-refractivity contribution in [2.24, 2.45) is 0 Å². The zero-order valence-corrected chi connectivity index (χ0v) is 12.0. The number of hydrogen-bond donors (Lipinski definition) is 1. The number of nitrogens with zero attached hydrogens (tertiary/aromatic N) is 1. The van der Waals surface area contributed by atoms with Crippen LogP contribution in [0.15, 0.2) is 30.5 Å². The molecule has 0 aliphatic heterocycles. The van der Waals surface area contributed by atoms with Gasteiger partial charge in [0.15, 0.2) is 0 Å². The maximum absolute atomic E-state index is 11.8. The molecule has 0 aliphatic carbocycles. The Bertz CT molecular complexity index is 619. The minimum Gasteiger partial charge on any atom is -0.354 e. The fourth-order valence-electron chi connectivity index (χ4n) is 2.11. The van der Waals surface area contributed by atoms with Gasteiger partial charge in [-0.1, -0.05) is 18.2 Å². The van der Waals surface area contributed by atoms with Crippen LogP contribution in [0.25, 0.3) is 10.9 Å². The molecule has 0 fully saturated rings. The second-order valence-electron chi connectivity index (χ2n) is 4.58. The van der Waals surface area contributed by atoms with Crippen molar-refractivity contribution in [1.29, 1.82) is 0 Å². The van der Waals surface area contributed by atoms with E-state index in [-0.39, 0.29) is 5.91 Å². The molecule has 4 nitrogen and oxygen atoms in total. The van der Waals surface area contributed by atoms with Gasteiger partial charge in [-0.15, -0.1) is 0 Å². The molecule has 0 unspecified atom stereocenters. The Balaban J connectivity index is 2.05. The van der Waals surface area contributed by atoms with Crippen molar-refractivity contribution >= 4 is 27.6 Å². The molecule has 0 bridgehead atoms. The molecule has 1 atom stereocenters. The van der Waals surface area contributed by atoms with E-state index in [0.29, 0.717) is 18.8 Å². The van der Waals surface area contributed by atoms with E-state index in [2.05, 4.69) is 11.4 Å². The number of carbonyl (C=O) groups is 1. The minimum atomic E-state index is -0.868. The Morgan fingerprint density at radius 3 is 2.84 bits per heavy atom. The van der Waals surface area contributed by atoms with Gasteiger partial charge in [0.25, 0.3) is 0 Å². The summed E-state index contributed by atoms with van der Waals surface area (Å²) in [6.45, 7) is 2.79. The molecule has 1 N–H and O–H groups in total. The first-order valence-corrected chi connectivity index (χ1v) is 7.92. The third-order valence-electron chi connectivity index (χ3n) is 3.01. The molecule has 2 aromatic rings. The Labute approximate surface area is 115 Å². The van der Waals surface area contributed by atoms with Gasteiger partial charge in [0, 0.05) is 46.5 Å². The highest BCUT2D eigenvalue weighted by atomic mass is 32.2. The van der Waals surface area contributed by atoms with Gasteiger partial charge in [0.2, 0.25) is 5.91 Å². The molecule has 0 saturated carbocycles. The van der Waals surface area contributed by atoms with Crippen LogP contribution in [0.4, 0.5) is 0 Å². The number of aromatic nitrogens is 1. The lowest BCUT2D eigenvalue weighted by Gasteiger charge is -2.06. The van der Waals surface area contributed by atoms with Crippen molar-refractivity contribution in [3.63, 3.8) is 0 Å². The van der Waals surface area contributed by atoms with Crippen molar-refractivity contribution in [2.45, 2.75) is 13.5 Å². The maximum Gasteiger partial charge on any atom is 0.239 e. The predicted molar refractivity (Wildman–Crippen MR) is 78.6 cm³/mol. The molecule has 1 amide bonds. The topological polar surface area (TPSA) is 51.1 Å². The molecule has 0 aliphatic rings. The Kier molecular flexibility index (Phi) is 4.37. The highest BCUT2D eigenvalue weighted by molar-refractivity contribution is 7.84. The molecule has 1 heterocycles. The summed E-state index contributed by atoms with van der Waals surface area (Å²) in [4.78, 5) is 11.8. The van der Waals surface area contributed by atoms with Crippen molar-refractivity contribution in [1.82, 2.24) is 9.88 Å². The molecule has 1 aromatic heterocycles. The largest absolute Gasteiger partial charge is 0.354 e. The molecule has 102 valence electrons. The molecule has 0 spiro atoms. The Morgan fingerprint density at radius 2 is 2.11 bits per heavy atom. The summed E-state index contributed by atoms with van der Waals surface area (Å²) >= 11 is 0. The quantitative estimate of drug-likeness (QED) is 0.900. The molecular weight excluding hydrogens is 260 g/mol. The number of para-hydroxylation sites is 1. The van der Waals surface area contributed by atoms with Gasteiger partial charge in [0.05, 0.1) is 0 Å². The van der Waals surface area contributed by atoms with E-state index in [4.69, 9.17) is 0 Å². The van der Waals surface area contributed by atoms with Gasteiger partial charge in [-0.05, 0) is 18.6 Å². The predicted octanol–water partition coefficient (Wildman–Crippen LogP) is 1.44. The molecule has 19 heavy (non-hydrogen) atoms. The number of rotatable bonds is 5. The van der Waals surface area contributed by atoms with Crippen LogP contribution in [-0.2, 0) is 22.1 Å². The van der Waals surface area contributed by atoms with E-state index < -0.39 is 10.8 Å². The van der Waals surface area contributed by atoms with E-state index >= 15 is 0 Å². The number of fused-ring (bicyclic) bond motifs is 1. The van der Waals surface area contributed by atoms with Crippen LogP contribution in [0.2, 0.25) is 0 Å². The zero-order chi connectivity index (χ0) is 13.8. The van der Waals surface area contributed by atoms with Crippen LogP contribution < -0.4 is 5.32 Å². The summed E-state index contributed by atoms with van der Waals surface area (Å²) in [6.07, 6.45) is 3.62. The molecule has 0 saturated heterocycles. The van der Waals surface area contributed by atoms with E-state index in [1.807, 2.05) is 35.9 Å². The summed E-state index contributed by atoms with van der Waals surface area (Å²) in [5, 5.41) is 3.95. The fraction of sp³-hybridized carbons (Fsp3) is 0.357. The monoisotopic (exact) mass is 278 g/mol. The van der Waals surface area contributed by atoms with Gasteiger partial charge in [-0.2, -0.15) is 0 Å². The van der Waals surface area contributed by atoms with E-state index in [9.17, 15) is 9.00 Å². The third-order valence-corrected chi connectivity index (χ3v) is 3.79. The number of nitrogens with one attached hydrogen (secondary N) is 1. The van der Waals surface area contributed by atoms with Crippen molar-refractivity contribution in [3.8, 4) is 0 Å². The minimum absolute atomic E-state index is 0.0498. The van der Waals surface area contributed by atoms with Crippen LogP contribution in [0.5, 0.6) is 0 Å². The van der Waals surface area contributed by atoms with E-state index in [0.717, 1.165) is 11.1 Å². The maximum atomic E-state index is 11.8. The van der Waals surface area contributed by atoms with Crippen molar-refractivity contribution in [2.75, 3.05) is 18.6 Å². The highest BCUT2D eigenvalue weighted by Crippen LogP contribution is 2.19. The van der Waals surface area contributed by atoms with Crippen molar-refractivity contribution < 1.29 is 9.00 Å². The zero-order valence-electron chi connectivity index (χ0n) is 11.2. The molecule has 2 rings (SSSR count). The van der Waals surface area contributed by atoms with Gasteiger partial charge in [-0.25, -0.2) is 0 Å². The van der Waals surface area contributed by atoms with Crippen molar-refractivity contribution in [3.05, 3.63) is 36.0 Å². The standard InChI is InChI=1S/C14H18N2O2S/c1-11-9-16(13-6-4-3-5-12(11)13)10-14(17)15-7-8-19(2)18/h3-6,9H,7-8,10H2,1-2H3,(H,15,17)/t19-/m1/s1. The third kappa shape index (κ3) is 3.44. The first kappa shape index (κ1) is 13.8. The summed E-state index contributed by atoms with van der Waals surface area (Å²) in [5.41, 5.74) is 2.23. The summed E-state index contributed by atoms with van der Waals surface area (Å²) in [6, 6.07) is 8.03. The van der Waals surface area contributed by atoms with Crippen LogP contribution in [0.1, 0.15) is 5.56 Å². The van der Waals surface area contributed by atoms with Crippen LogP contribution >= 0.6 is 0 Å². The van der Waals surface area contributed by atoms with Gasteiger partial charge in [-0.3, -0.25) is 9.00 Å². The van der Waals surface area contributed by atoms with E-state index in [1.54, 1.807) is 6.26 Å².